The second-order valence-corrected chi connectivity index (χ2v) is 10.8. The molecular formula is C23H24ClF3O10S. The van der Waals surface area contributed by atoms with Gasteiger partial charge in [-0.2, -0.15) is 21.6 Å². The number of ketones is 2. The topological polar surface area (TPSA) is 124 Å². The molecule has 1 unspecified atom stereocenters. The SMILES string of the molecule is COC1=CC(=O)C[C@@H](C)[C@]12Oc1c(Cl)c(OS(=O)(=O)C(F)(F)F)cc(OCCOC3CCCCO3)c1C2=O. The highest BCUT2D eigenvalue weighted by Gasteiger charge is 2.60. The molecule has 10 nitrogen and oxygen atoms in total. The van der Waals surface area contributed by atoms with E-state index in [-0.39, 0.29) is 42.5 Å². The first-order valence-corrected chi connectivity index (χ1v) is 13.4. The van der Waals surface area contributed by atoms with Gasteiger partial charge >= 0.3 is 15.6 Å². The second-order valence-electron chi connectivity index (χ2n) is 8.84. The number of rotatable bonds is 8. The van der Waals surface area contributed by atoms with Crippen LogP contribution in [0.1, 0.15) is 43.0 Å². The van der Waals surface area contributed by atoms with Gasteiger partial charge in [0.1, 0.15) is 22.9 Å². The molecule has 3 atom stereocenters. The Morgan fingerprint density at radius 2 is 1.92 bits per heavy atom. The maximum atomic E-state index is 13.8. The van der Waals surface area contributed by atoms with E-state index in [2.05, 4.69) is 4.18 Å². The average Bonchev–Trinajstić information content (AvgIpc) is 3.16. The molecule has 2 heterocycles. The van der Waals surface area contributed by atoms with E-state index in [0.29, 0.717) is 13.0 Å². The summed E-state index contributed by atoms with van der Waals surface area (Å²) < 4.78 is 94.6. The molecule has 1 aromatic carbocycles. The van der Waals surface area contributed by atoms with Gasteiger partial charge in [-0.15, -0.1) is 0 Å². The molecule has 210 valence electrons. The summed E-state index contributed by atoms with van der Waals surface area (Å²) in [5.74, 6) is -3.80. The van der Waals surface area contributed by atoms with Gasteiger partial charge in [0, 0.05) is 31.1 Å². The number of methoxy groups -OCH3 is 1. The van der Waals surface area contributed by atoms with E-state index >= 15 is 0 Å². The Balaban J connectivity index is 1.72. The molecule has 1 fully saturated rings. The summed E-state index contributed by atoms with van der Waals surface area (Å²) in [5, 5.41) is -0.711. The minimum absolute atomic E-state index is 0.0204. The zero-order valence-corrected chi connectivity index (χ0v) is 21.8. The van der Waals surface area contributed by atoms with Crippen molar-refractivity contribution in [1.29, 1.82) is 0 Å². The molecule has 0 N–H and O–H groups in total. The quantitative estimate of drug-likeness (QED) is 0.252. The van der Waals surface area contributed by atoms with Crippen LogP contribution in [0.4, 0.5) is 13.2 Å². The van der Waals surface area contributed by atoms with Crippen molar-refractivity contribution in [3.05, 3.63) is 28.5 Å². The van der Waals surface area contributed by atoms with Crippen molar-refractivity contribution in [2.45, 2.75) is 50.0 Å². The molecule has 15 heteroatoms. The molecular weight excluding hydrogens is 561 g/mol. The summed E-state index contributed by atoms with van der Waals surface area (Å²) in [4.78, 5) is 25.9. The number of carbonyl (C=O) groups excluding carboxylic acids is 2. The van der Waals surface area contributed by atoms with E-state index in [0.717, 1.165) is 25.0 Å². The van der Waals surface area contributed by atoms with E-state index in [9.17, 15) is 31.2 Å². The third-order valence-electron chi connectivity index (χ3n) is 6.32. The number of allylic oxidation sites excluding steroid dienone is 1. The first-order chi connectivity index (χ1) is 17.8. The van der Waals surface area contributed by atoms with Crippen LogP contribution in [0.15, 0.2) is 17.9 Å². The number of hydrogen-bond donors (Lipinski definition) is 0. The highest BCUT2D eigenvalue weighted by Crippen LogP contribution is 2.55. The van der Waals surface area contributed by atoms with E-state index in [1.165, 1.54) is 7.11 Å². The molecule has 0 bridgehead atoms. The minimum Gasteiger partial charge on any atom is -0.496 e. The lowest BCUT2D eigenvalue weighted by atomic mass is 9.75. The van der Waals surface area contributed by atoms with Gasteiger partial charge in [-0.1, -0.05) is 18.5 Å². The van der Waals surface area contributed by atoms with Gasteiger partial charge in [-0.25, -0.2) is 0 Å². The summed E-state index contributed by atoms with van der Waals surface area (Å²) >= 11 is 6.22. The Hall–Kier alpha value is -2.55. The smallest absolute Gasteiger partial charge is 0.496 e. The van der Waals surface area contributed by atoms with Crippen molar-refractivity contribution < 1.29 is 59.0 Å². The van der Waals surface area contributed by atoms with Gasteiger partial charge in [0.25, 0.3) is 0 Å². The van der Waals surface area contributed by atoms with Crippen LogP contribution >= 0.6 is 11.6 Å². The highest BCUT2D eigenvalue weighted by atomic mass is 35.5. The maximum absolute atomic E-state index is 13.8. The molecule has 0 saturated carbocycles. The summed E-state index contributed by atoms with van der Waals surface area (Å²) in [7, 11) is -4.92. The molecule has 4 rings (SSSR count). The van der Waals surface area contributed by atoms with Crippen LogP contribution in [0.3, 0.4) is 0 Å². The first-order valence-electron chi connectivity index (χ1n) is 11.6. The van der Waals surface area contributed by atoms with Gasteiger partial charge in [0.2, 0.25) is 11.4 Å². The Morgan fingerprint density at radius 3 is 2.55 bits per heavy atom. The molecule has 38 heavy (non-hydrogen) atoms. The summed E-state index contributed by atoms with van der Waals surface area (Å²) in [6, 6.07) is 0.761. The lowest BCUT2D eigenvalue weighted by Gasteiger charge is -2.36. The Kier molecular flexibility index (Phi) is 7.90. The number of hydrogen-bond acceptors (Lipinski definition) is 10. The number of carbonyl (C=O) groups is 2. The molecule has 0 radical (unpaired) electrons. The lowest BCUT2D eigenvalue weighted by Crippen LogP contribution is -2.51. The van der Waals surface area contributed by atoms with Gasteiger partial charge in [-0.05, 0) is 19.3 Å². The predicted octanol–water partition coefficient (Wildman–Crippen LogP) is 3.94. The number of ether oxygens (including phenoxy) is 5. The van der Waals surface area contributed by atoms with Crippen molar-refractivity contribution >= 4 is 33.3 Å². The van der Waals surface area contributed by atoms with Crippen LogP contribution < -0.4 is 13.7 Å². The monoisotopic (exact) mass is 584 g/mol. The average molecular weight is 585 g/mol. The van der Waals surface area contributed by atoms with Gasteiger partial charge in [0.05, 0.1) is 13.7 Å². The van der Waals surface area contributed by atoms with Crippen LogP contribution in [0.5, 0.6) is 17.2 Å². The summed E-state index contributed by atoms with van der Waals surface area (Å²) in [6.45, 7) is 1.87. The number of fused-ring (bicyclic) bond motifs is 1. The van der Waals surface area contributed by atoms with Crippen LogP contribution in [0, 0.1) is 5.92 Å². The predicted molar refractivity (Wildman–Crippen MR) is 124 cm³/mol. The third-order valence-corrected chi connectivity index (χ3v) is 7.65. The first kappa shape index (κ1) is 28.5. The number of benzene rings is 1. The zero-order valence-electron chi connectivity index (χ0n) is 20.3. The normalized spacial score (nSPS) is 25.6. The van der Waals surface area contributed by atoms with Crippen LogP contribution in [-0.2, 0) is 29.1 Å². The van der Waals surface area contributed by atoms with Crippen molar-refractivity contribution in [3.63, 3.8) is 0 Å². The van der Waals surface area contributed by atoms with Crippen molar-refractivity contribution in [3.8, 4) is 17.2 Å². The number of alkyl halides is 3. The largest absolute Gasteiger partial charge is 0.534 e. The summed E-state index contributed by atoms with van der Waals surface area (Å²) in [6.07, 6.45) is 3.00. The highest BCUT2D eigenvalue weighted by molar-refractivity contribution is 7.88. The third kappa shape index (κ3) is 5.06. The fourth-order valence-corrected chi connectivity index (χ4v) is 5.24. The van der Waals surface area contributed by atoms with Gasteiger partial charge in [-0.3, -0.25) is 9.59 Å². The van der Waals surface area contributed by atoms with Crippen LogP contribution in [0.25, 0.3) is 0 Å². The van der Waals surface area contributed by atoms with Crippen molar-refractivity contribution in [2.75, 3.05) is 26.9 Å². The molecule has 1 saturated heterocycles. The Labute approximate surface area is 221 Å². The van der Waals surface area contributed by atoms with Gasteiger partial charge in [0.15, 0.2) is 29.3 Å². The zero-order chi connectivity index (χ0) is 27.9. The minimum atomic E-state index is -6.13. The van der Waals surface area contributed by atoms with E-state index in [1.807, 2.05) is 0 Å². The van der Waals surface area contributed by atoms with E-state index < -0.39 is 55.7 Å². The van der Waals surface area contributed by atoms with Crippen LogP contribution in [0.2, 0.25) is 5.02 Å². The molecule has 1 spiro atoms. The van der Waals surface area contributed by atoms with E-state index in [4.69, 9.17) is 35.3 Å². The second kappa shape index (κ2) is 10.5. The molecule has 2 aliphatic heterocycles. The maximum Gasteiger partial charge on any atom is 0.534 e. The Bertz CT molecular complexity index is 1260. The van der Waals surface area contributed by atoms with E-state index in [1.54, 1.807) is 6.92 Å². The number of halogens is 4. The van der Waals surface area contributed by atoms with Gasteiger partial charge < -0.3 is 27.9 Å². The molecule has 1 aliphatic carbocycles. The summed E-state index contributed by atoms with van der Waals surface area (Å²) in [5.41, 5.74) is -7.92. The molecule has 0 aromatic heterocycles. The Morgan fingerprint density at radius 1 is 1.18 bits per heavy atom. The molecule has 0 amide bonds. The van der Waals surface area contributed by atoms with Crippen LogP contribution in [-0.4, -0.2) is 64.3 Å². The fraction of sp³-hybridized carbons (Fsp3) is 0.565. The van der Waals surface area contributed by atoms with Crippen molar-refractivity contribution in [1.82, 2.24) is 0 Å². The van der Waals surface area contributed by atoms with Crippen molar-refractivity contribution in [2.24, 2.45) is 5.92 Å². The molecule has 3 aliphatic rings. The number of Topliss-reactive ketones (excluding diaryl/α,β-unsaturated/α-hetero) is 1. The molecule has 1 aromatic rings. The standard InChI is InChI=1S/C23H24ClF3O10S/c1-12-9-13(28)10-16(32-2)22(12)21(29)18-14(33-7-8-35-17-5-3-4-6-34-17)11-15(19(24)20(18)36-22)37-38(30,31)23(25,26)27/h10-12,17H,3-9H2,1-2H3/t12-,17?,22+/m1/s1. The lowest BCUT2D eigenvalue weighted by molar-refractivity contribution is -0.165. The fourth-order valence-electron chi connectivity index (χ4n) is 4.50.